The van der Waals surface area contributed by atoms with Crippen molar-refractivity contribution in [3.8, 4) is 0 Å². The zero-order valence-electron chi connectivity index (χ0n) is 15.3. The lowest BCUT2D eigenvalue weighted by atomic mass is 10.2. The van der Waals surface area contributed by atoms with Crippen molar-refractivity contribution in [2.75, 3.05) is 59.5 Å². The number of rotatable bonds is 4. The number of likely N-dealkylation sites (N-methyl/N-ethyl adjacent to an activating group) is 1. The Morgan fingerprint density at radius 3 is 2.25 bits per heavy atom. The fourth-order valence-electron chi connectivity index (χ4n) is 2.95. The summed E-state index contributed by atoms with van der Waals surface area (Å²) in [5, 5.41) is 1.89. The number of sulfonamides is 1. The highest BCUT2D eigenvalue weighted by atomic mass is 35.5. The molecule has 0 unspecified atom stereocenters. The van der Waals surface area contributed by atoms with Gasteiger partial charge in [-0.1, -0.05) is 23.2 Å². The summed E-state index contributed by atoms with van der Waals surface area (Å²) < 4.78 is 32.3. The minimum Gasteiger partial charge on any atom is -1.00 e. The number of ether oxygens (including phenoxy) is 1. The third kappa shape index (κ3) is 5.28. The van der Waals surface area contributed by atoms with Gasteiger partial charge in [0.1, 0.15) is 4.90 Å². The first kappa shape index (κ1) is 23.6. The molecule has 158 valence electrons. The molecule has 2 aliphatic heterocycles. The van der Waals surface area contributed by atoms with Crippen molar-refractivity contribution in [2.45, 2.75) is 4.90 Å². The molecule has 3 rings (SSSR count). The monoisotopic (exact) mass is 471 g/mol. The molecule has 0 aromatic heterocycles. The number of benzene rings is 1. The quantitative estimate of drug-likeness (QED) is 0.541. The fraction of sp³-hybridized carbons (Fsp3) is 0.562. The van der Waals surface area contributed by atoms with Gasteiger partial charge in [0.05, 0.1) is 28.8 Å². The second-order valence-electron chi connectivity index (χ2n) is 6.51. The number of hydrogen-bond acceptors (Lipinski definition) is 6. The zero-order valence-corrected chi connectivity index (χ0v) is 18.4. The minimum atomic E-state index is -3.84. The van der Waals surface area contributed by atoms with Crippen molar-refractivity contribution in [3.05, 3.63) is 27.7 Å². The predicted octanol–water partition coefficient (Wildman–Crippen LogP) is -2.09. The topological polar surface area (TPSA) is 82.2 Å². The lowest BCUT2D eigenvalue weighted by molar-refractivity contribution is -0.0000183. The van der Waals surface area contributed by atoms with E-state index in [-0.39, 0.29) is 46.0 Å². The molecule has 0 aliphatic carbocycles. The Hall–Kier alpha value is -0.650. The first-order chi connectivity index (χ1) is 12.8. The Morgan fingerprint density at radius 1 is 1.04 bits per heavy atom. The van der Waals surface area contributed by atoms with E-state index in [0.717, 1.165) is 13.1 Å². The number of piperazine rings is 1. The molecule has 1 aromatic carbocycles. The summed E-state index contributed by atoms with van der Waals surface area (Å²) in [5.74, 6) is -0.459. The number of carbonyl (C=O) groups excluding carboxylic acids is 1. The number of nitrogens with zero attached hydrogens (tertiary/aromatic N) is 3. The maximum absolute atomic E-state index is 12.9. The molecule has 8 nitrogen and oxygen atoms in total. The van der Waals surface area contributed by atoms with Crippen LogP contribution in [-0.4, -0.2) is 88.1 Å². The molecule has 1 amide bonds. The second kappa shape index (κ2) is 9.90. The van der Waals surface area contributed by atoms with Crippen molar-refractivity contribution in [2.24, 2.45) is 0 Å². The van der Waals surface area contributed by atoms with Gasteiger partial charge < -0.3 is 22.0 Å². The fourth-order valence-corrected chi connectivity index (χ4v) is 5.19. The Bertz CT molecular complexity index is 810. The van der Waals surface area contributed by atoms with Crippen molar-refractivity contribution >= 4 is 39.1 Å². The van der Waals surface area contributed by atoms with E-state index in [1.165, 1.54) is 16.4 Å². The van der Waals surface area contributed by atoms with Gasteiger partial charge in [-0.25, -0.2) is 13.4 Å². The first-order valence-electron chi connectivity index (χ1n) is 8.60. The number of nitrogens with one attached hydrogen (secondary N) is 1. The summed E-state index contributed by atoms with van der Waals surface area (Å²) in [5.41, 5.74) is 2.86. The summed E-state index contributed by atoms with van der Waals surface area (Å²) >= 11 is 12.3. The summed E-state index contributed by atoms with van der Waals surface area (Å²) in [6.45, 7) is 4.12. The Balaban J connectivity index is 0.00000280. The van der Waals surface area contributed by atoms with Gasteiger partial charge in [0, 0.05) is 39.3 Å². The van der Waals surface area contributed by atoms with Crippen LogP contribution in [0.15, 0.2) is 17.0 Å². The van der Waals surface area contributed by atoms with Gasteiger partial charge in [-0.2, -0.15) is 4.31 Å². The molecular weight excluding hydrogens is 451 g/mol. The summed E-state index contributed by atoms with van der Waals surface area (Å²) in [7, 11) is -1.83. The van der Waals surface area contributed by atoms with Crippen LogP contribution in [-0.2, 0) is 14.8 Å². The molecule has 2 aliphatic rings. The van der Waals surface area contributed by atoms with E-state index in [2.05, 4.69) is 10.3 Å². The lowest BCUT2D eigenvalue weighted by Crippen LogP contribution is -3.00. The number of morpholine rings is 1. The zero-order chi connectivity index (χ0) is 19.6. The molecule has 0 saturated carbocycles. The van der Waals surface area contributed by atoms with Crippen LogP contribution in [0.2, 0.25) is 10.0 Å². The minimum absolute atomic E-state index is 0. The van der Waals surface area contributed by atoms with Crippen molar-refractivity contribution in [3.63, 3.8) is 0 Å². The van der Waals surface area contributed by atoms with Gasteiger partial charge in [-0.05, 0) is 19.2 Å². The summed E-state index contributed by atoms with van der Waals surface area (Å²) in [6.07, 6.45) is 0. The SMILES string of the molecule is CN1CCN(NC(=O)c2cc(S(=O)(=O)N3CCOCC3)c(Cl)cc2Cl)CC1.[Cl-]. The van der Waals surface area contributed by atoms with E-state index in [9.17, 15) is 13.2 Å². The van der Waals surface area contributed by atoms with E-state index in [0.29, 0.717) is 26.3 Å². The highest BCUT2D eigenvalue weighted by molar-refractivity contribution is 7.89. The highest BCUT2D eigenvalue weighted by Gasteiger charge is 2.30. The van der Waals surface area contributed by atoms with E-state index in [1.807, 2.05) is 7.05 Å². The molecule has 0 radical (unpaired) electrons. The van der Waals surface area contributed by atoms with Crippen LogP contribution >= 0.6 is 23.2 Å². The van der Waals surface area contributed by atoms with E-state index >= 15 is 0 Å². The average molecular weight is 473 g/mol. The van der Waals surface area contributed by atoms with Gasteiger partial charge in [-0.3, -0.25) is 10.2 Å². The van der Waals surface area contributed by atoms with Gasteiger partial charge in [0.25, 0.3) is 5.91 Å². The molecule has 0 atom stereocenters. The highest BCUT2D eigenvalue weighted by Crippen LogP contribution is 2.31. The van der Waals surface area contributed by atoms with Crippen LogP contribution in [0.5, 0.6) is 0 Å². The Labute approximate surface area is 181 Å². The molecular formula is C16H22Cl3N4O4S-. The van der Waals surface area contributed by atoms with E-state index < -0.39 is 15.9 Å². The largest absolute Gasteiger partial charge is 1.00 e. The molecule has 1 N–H and O–H groups in total. The van der Waals surface area contributed by atoms with E-state index in [4.69, 9.17) is 27.9 Å². The summed E-state index contributed by atoms with van der Waals surface area (Å²) in [6, 6.07) is 2.55. The maximum atomic E-state index is 12.9. The average Bonchev–Trinajstić information content (AvgIpc) is 2.64. The van der Waals surface area contributed by atoms with Crippen LogP contribution < -0.4 is 17.8 Å². The number of amides is 1. The molecule has 0 bridgehead atoms. The van der Waals surface area contributed by atoms with Gasteiger partial charge in [0.2, 0.25) is 10.0 Å². The van der Waals surface area contributed by atoms with Crippen molar-refractivity contribution < 1.29 is 30.4 Å². The van der Waals surface area contributed by atoms with Crippen molar-refractivity contribution in [1.82, 2.24) is 19.6 Å². The normalized spacial score (nSPS) is 19.8. The molecule has 2 saturated heterocycles. The van der Waals surface area contributed by atoms with E-state index in [1.54, 1.807) is 5.01 Å². The summed E-state index contributed by atoms with van der Waals surface area (Å²) in [4.78, 5) is 14.7. The molecule has 2 fully saturated rings. The van der Waals surface area contributed by atoms with Gasteiger partial charge in [-0.15, -0.1) is 0 Å². The molecule has 0 spiro atoms. The van der Waals surface area contributed by atoms with Crippen LogP contribution in [0.25, 0.3) is 0 Å². The smallest absolute Gasteiger partial charge is 0.267 e. The first-order valence-corrected chi connectivity index (χ1v) is 10.8. The Kier molecular flexibility index (Phi) is 8.36. The number of hydrogen-bond donors (Lipinski definition) is 1. The third-order valence-electron chi connectivity index (χ3n) is 4.62. The van der Waals surface area contributed by atoms with Crippen LogP contribution in [0.3, 0.4) is 0 Å². The number of carbonyl (C=O) groups is 1. The Morgan fingerprint density at radius 2 is 1.64 bits per heavy atom. The standard InChI is InChI=1S/C16H22Cl2N4O4S.ClH/c1-20-2-4-21(5-3-20)19-16(23)12-10-15(14(18)11-13(12)17)27(24,25)22-6-8-26-9-7-22;/h10-11H,2-9H2,1H3,(H,19,23);1H/p-1. The van der Waals surface area contributed by atoms with Crippen LogP contribution in [0, 0.1) is 0 Å². The van der Waals surface area contributed by atoms with Gasteiger partial charge >= 0.3 is 0 Å². The second-order valence-corrected chi connectivity index (χ2v) is 9.23. The molecule has 12 heteroatoms. The van der Waals surface area contributed by atoms with Gasteiger partial charge in [0.15, 0.2) is 0 Å². The van der Waals surface area contributed by atoms with Crippen LogP contribution in [0.1, 0.15) is 10.4 Å². The maximum Gasteiger partial charge on any atom is 0.267 e. The molecule has 1 aromatic rings. The van der Waals surface area contributed by atoms with Crippen molar-refractivity contribution in [1.29, 1.82) is 0 Å². The third-order valence-corrected chi connectivity index (χ3v) is 7.29. The lowest BCUT2D eigenvalue weighted by Gasteiger charge is -2.32. The van der Waals surface area contributed by atoms with Crippen LogP contribution in [0.4, 0.5) is 0 Å². The number of halogens is 3. The predicted molar refractivity (Wildman–Crippen MR) is 103 cm³/mol. The number of hydrazine groups is 1. The molecule has 28 heavy (non-hydrogen) atoms. The molecule has 2 heterocycles.